The van der Waals surface area contributed by atoms with E-state index >= 15 is 0 Å². The topological polar surface area (TPSA) is 127 Å². The van der Waals surface area contributed by atoms with Crippen LogP contribution in [0.5, 0.6) is 0 Å². The molecular weight excluding hydrogens is 873 g/mol. The summed E-state index contributed by atoms with van der Waals surface area (Å²) in [5, 5.41) is 0.550. The van der Waals surface area contributed by atoms with E-state index in [1.54, 1.807) is 71.3 Å². The van der Waals surface area contributed by atoms with Gasteiger partial charge in [-0.05, 0) is 106 Å². The molecule has 12 heteroatoms. The van der Waals surface area contributed by atoms with Gasteiger partial charge in [-0.15, -0.1) is 47.0 Å². The largest absolute Gasteiger partial charge is 0.399 e. The van der Waals surface area contributed by atoms with Gasteiger partial charge in [0.1, 0.15) is 0 Å². The molecular formula is C52H50N4O4S4. The number of anilines is 4. The first-order chi connectivity index (χ1) is 30.5. The van der Waals surface area contributed by atoms with Gasteiger partial charge < -0.3 is 11.5 Å². The van der Waals surface area contributed by atoms with E-state index < -0.39 is 0 Å². The third-order valence-corrected chi connectivity index (χ3v) is 14.8. The maximum atomic E-state index is 14.5. The van der Waals surface area contributed by atoms with E-state index in [-0.39, 0.29) is 44.6 Å². The summed E-state index contributed by atoms with van der Waals surface area (Å²) >= 11 is 6.54. The van der Waals surface area contributed by atoms with Crippen molar-refractivity contribution in [2.45, 2.75) is 96.0 Å². The Hall–Kier alpha value is -5.40. The summed E-state index contributed by atoms with van der Waals surface area (Å²) in [6.07, 6.45) is 0. The Bertz CT molecular complexity index is 2660. The van der Waals surface area contributed by atoms with Crippen LogP contribution in [0.4, 0.5) is 22.7 Å². The SMILES string of the molecule is CC(C)Sc1cc(N2C(=O)c3ccc(-c4ccc(N)cc4)cc3C2=O)c(SC(C)C)cc1-c1cc(SC(C)C)c(N2C(=O)c3ccc(-c4ccc(N)cc4)cc3C2=O)cc1SC(C)C. The second kappa shape index (κ2) is 18.2. The number of carbonyl (C=O) groups is 4. The number of nitrogens with two attached hydrogens (primary N) is 2. The zero-order valence-electron chi connectivity index (χ0n) is 37.0. The van der Waals surface area contributed by atoms with Crippen LogP contribution >= 0.6 is 47.0 Å². The first-order valence-electron chi connectivity index (χ1n) is 21.3. The molecule has 0 atom stereocenters. The number of amides is 4. The minimum Gasteiger partial charge on any atom is -0.399 e. The molecule has 8 rings (SSSR count). The molecule has 64 heavy (non-hydrogen) atoms. The molecule has 0 saturated heterocycles. The number of carbonyl (C=O) groups excluding carboxylic acids is 4. The fraction of sp³-hybridized carbons (Fsp3) is 0.231. The second-order valence-electron chi connectivity index (χ2n) is 17.0. The number of hydrogen-bond acceptors (Lipinski definition) is 10. The summed E-state index contributed by atoms with van der Waals surface area (Å²) < 4.78 is 0. The summed E-state index contributed by atoms with van der Waals surface area (Å²) in [4.78, 5) is 63.8. The number of benzene rings is 6. The Kier molecular flexibility index (Phi) is 12.9. The zero-order chi connectivity index (χ0) is 45.7. The number of nitrogen functional groups attached to an aromatic ring is 2. The van der Waals surface area contributed by atoms with Gasteiger partial charge in [-0.1, -0.05) is 91.8 Å². The molecule has 2 aliphatic rings. The number of imide groups is 2. The number of rotatable bonds is 13. The van der Waals surface area contributed by atoms with E-state index in [0.29, 0.717) is 45.0 Å². The van der Waals surface area contributed by atoms with Crippen molar-refractivity contribution >= 4 is 93.4 Å². The average Bonchev–Trinajstić information content (AvgIpc) is 3.64. The van der Waals surface area contributed by atoms with Gasteiger partial charge in [-0.2, -0.15) is 0 Å². The average molecular weight is 923 g/mol. The molecule has 8 nitrogen and oxygen atoms in total. The quantitative estimate of drug-likeness (QED) is 0.0657. The Morgan fingerprint density at radius 3 is 0.969 bits per heavy atom. The lowest BCUT2D eigenvalue weighted by Gasteiger charge is -2.26. The molecule has 0 spiro atoms. The van der Waals surface area contributed by atoms with Gasteiger partial charge in [0.15, 0.2) is 0 Å². The highest BCUT2D eigenvalue weighted by molar-refractivity contribution is 8.01. The summed E-state index contributed by atoms with van der Waals surface area (Å²) in [5.74, 6) is -1.46. The standard InChI is InChI=1S/C52H50N4O4S4/c1-27(2)61-45-25-43(55-49(57)37-19-13-33(21-41(37)51(55)59)31-9-15-35(53)16-10-31)47(63-29(5)6)23-39(45)40-24-48(64-30(7)8)44(26-46(40)62-28(3)4)56-50(58)38-20-14-34(22-42(38)52(56)60)32-11-17-36(54)18-12-32/h9-30H,53-54H2,1-8H3. The number of hydrogen-bond donors (Lipinski definition) is 2. The van der Waals surface area contributed by atoms with E-state index in [0.717, 1.165) is 53.0 Å². The molecule has 4 amide bonds. The van der Waals surface area contributed by atoms with Crippen molar-refractivity contribution in [3.8, 4) is 33.4 Å². The van der Waals surface area contributed by atoms with Gasteiger partial charge in [-0.25, -0.2) is 9.80 Å². The van der Waals surface area contributed by atoms with Crippen molar-refractivity contribution in [1.29, 1.82) is 0 Å². The predicted molar refractivity (Wildman–Crippen MR) is 271 cm³/mol. The summed E-state index contributed by atoms with van der Waals surface area (Å²) in [6, 6.07) is 34.0. The van der Waals surface area contributed by atoms with E-state index in [9.17, 15) is 19.2 Å². The molecule has 0 aliphatic carbocycles. The Morgan fingerprint density at radius 1 is 0.344 bits per heavy atom. The fourth-order valence-corrected chi connectivity index (χ4v) is 11.8. The number of thioether (sulfide) groups is 4. The van der Waals surface area contributed by atoms with Crippen molar-refractivity contribution in [2.75, 3.05) is 21.3 Å². The second-order valence-corrected chi connectivity index (χ2v) is 23.4. The minimum atomic E-state index is -0.367. The van der Waals surface area contributed by atoms with Crippen molar-refractivity contribution < 1.29 is 19.2 Å². The highest BCUT2D eigenvalue weighted by atomic mass is 32.2. The fourth-order valence-electron chi connectivity index (χ4n) is 7.90. The van der Waals surface area contributed by atoms with Crippen molar-refractivity contribution in [1.82, 2.24) is 0 Å². The van der Waals surface area contributed by atoms with E-state index in [1.165, 1.54) is 9.80 Å². The van der Waals surface area contributed by atoms with Gasteiger partial charge in [0, 0.05) is 52.0 Å². The van der Waals surface area contributed by atoms with Crippen LogP contribution in [0.2, 0.25) is 0 Å². The predicted octanol–water partition coefficient (Wildman–Crippen LogP) is 13.5. The van der Waals surface area contributed by atoms with E-state index in [4.69, 9.17) is 11.5 Å². The number of fused-ring (bicyclic) bond motifs is 2. The zero-order valence-corrected chi connectivity index (χ0v) is 40.3. The molecule has 2 heterocycles. The Labute approximate surface area is 392 Å². The van der Waals surface area contributed by atoms with Gasteiger partial charge in [-0.3, -0.25) is 19.2 Å². The van der Waals surface area contributed by atoms with Gasteiger partial charge in [0.25, 0.3) is 23.6 Å². The lowest BCUT2D eigenvalue weighted by Crippen LogP contribution is -2.30. The van der Waals surface area contributed by atoms with Crippen LogP contribution in [0.3, 0.4) is 0 Å². The van der Waals surface area contributed by atoms with Crippen LogP contribution in [0.25, 0.3) is 33.4 Å². The van der Waals surface area contributed by atoms with Gasteiger partial charge in [0.05, 0.1) is 33.6 Å². The van der Waals surface area contributed by atoms with Gasteiger partial charge in [0.2, 0.25) is 0 Å². The van der Waals surface area contributed by atoms with E-state index in [1.807, 2.05) is 72.8 Å². The lowest BCUT2D eigenvalue weighted by atomic mass is 10.00. The van der Waals surface area contributed by atoms with Crippen LogP contribution < -0.4 is 21.3 Å². The molecule has 0 bridgehead atoms. The molecule has 0 saturated carbocycles. The number of nitrogens with zero attached hydrogens (tertiary/aromatic N) is 2. The van der Waals surface area contributed by atoms with Crippen LogP contribution in [-0.4, -0.2) is 44.6 Å². The molecule has 326 valence electrons. The molecule has 0 unspecified atom stereocenters. The smallest absolute Gasteiger partial charge is 0.266 e. The monoisotopic (exact) mass is 922 g/mol. The molecule has 2 aliphatic heterocycles. The van der Waals surface area contributed by atoms with Crippen LogP contribution in [0, 0.1) is 0 Å². The third kappa shape index (κ3) is 8.85. The first kappa shape index (κ1) is 45.2. The van der Waals surface area contributed by atoms with Crippen molar-refractivity contribution in [3.63, 3.8) is 0 Å². The molecule has 0 fully saturated rings. The van der Waals surface area contributed by atoms with Crippen molar-refractivity contribution in [2.24, 2.45) is 0 Å². The van der Waals surface area contributed by atoms with Crippen LogP contribution in [0.1, 0.15) is 96.8 Å². The van der Waals surface area contributed by atoms with Crippen LogP contribution in [0.15, 0.2) is 129 Å². The van der Waals surface area contributed by atoms with Crippen LogP contribution in [-0.2, 0) is 0 Å². The first-order valence-corrected chi connectivity index (χ1v) is 24.8. The normalized spacial score (nSPS) is 13.7. The Balaban J connectivity index is 1.26. The maximum Gasteiger partial charge on any atom is 0.266 e. The third-order valence-electron chi connectivity index (χ3n) is 10.6. The highest BCUT2D eigenvalue weighted by Gasteiger charge is 2.41. The maximum absolute atomic E-state index is 14.5. The lowest BCUT2D eigenvalue weighted by molar-refractivity contribution is 0.0909. The molecule has 0 radical (unpaired) electrons. The molecule has 6 aromatic carbocycles. The summed E-state index contributed by atoms with van der Waals surface area (Å²) in [5.41, 5.74) is 21.1. The van der Waals surface area contributed by atoms with Crippen molar-refractivity contribution in [3.05, 3.63) is 131 Å². The molecule has 4 N–H and O–H groups in total. The molecule has 0 aromatic heterocycles. The van der Waals surface area contributed by atoms with E-state index in [2.05, 4.69) is 67.5 Å². The molecule has 6 aromatic rings. The summed E-state index contributed by atoms with van der Waals surface area (Å²) in [7, 11) is 0. The summed E-state index contributed by atoms with van der Waals surface area (Å²) in [6.45, 7) is 16.9. The Morgan fingerprint density at radius 2 is 0.641 bits per heavy atom. The van der Waals surface area contributed by atoms with Gasteiger partial charge >= 0.3 is 0 Å². The minimum absolute atomic E-state index is 0.121. The highest BCUT2D eigenvalue weighted by Crippen LogP contribution is 2.50.